The summed E-state index contributed by atoms with van der Waals surface area (Å²) in [6.45, 7) is 8.43. The van der Waals surface area contributed by atoms with Crippen LogP contribution in [0.1, 0.15) is 26.7 Å². The van der Waals surface area contributed by atoms with E-state index < -0.39 is 12.8 Å². The van der Waals surface area contributed by atoms with Crippen molar-refractivity contribution in [1.29, 1.82) is 0 Å². The number of nitrogens with one attached hydrogen (secondary N) is 1. The molecule has 0 aliphatic carbocycles. The fraction of sp³-hybridized carbons (Fsp3) is 0.833. The van der Waals surface area contributed by atoms with Gasteiger partial charge in [0.15, 0.2) is 0 Å². The predicted octanol–water partition coefficient (Wildman–Crippen LogP) is 3.15. The topological polar surface area (TPSA) is 21.3 Å². The standard InChI is InChI=1S/C12H22F3NO/c1-4-11(3,9-16-5-2)7-6-8-17-10-12(13,14)15/h4,16H,1,5-10H2,2-3H3. The van der Waals surface area contributed by atoms with Crippen molar-refractivity contribution in [2.24, 2.45) is 5.41 Å². The molecule has 102 valence electrons. The maximum atomic E-state index is 11.8. The Bertz CT molecular complexity index is 218. The molecule has 0 aromatic heterocycles. The molecule has 1 N–H and O–H groups in total. The molecule has 0 aromatic rings. The highest BCUT2D eigenvalue weighted by Crippen LogP contribution is 2.23. The van der Waals surface area contributed by atoms with Gasteiger partial charge >= 0.3 is 6.18 Å². The van der Waals surface area contributed by atoms with Crippen LogP contribution < -0.4 is 5.32 Å². The summed E-state index contributed by atoms with van der Waals surface area (Å²) in [4.78, 5) is 0. The zero-order chi connectivity index (χ0) is 13.4. The van der Waals surface area contributed by atoms with Gasteiger partial charge in [-0.05, 0) is 24.8 Å². The van der Waals surface area contributed by atoms with Crippen LogP contribution in [0.25, 0.3) is 0 Å². The minimum atomic E-state index is -4.23. The lowest BCUT2D eigenvalue weighted by Gasteiger charge is -2.26. The number of hydrogen-bond acceptors (Lipinski definition) is 2. The number of hydrogen-bond donors (Lipinski definition) is 1. The first-order chi connectivity index (χ1) is 7.83. The molecule has 0 saturated heterocycles. The Morgan fingerprint density at radius 1 is 1.35 bits per heavy atom. The summed E-state index contributed by atoms with van der Waals surface area (Å²) in [5.41, 5.74) is -0.0857. The monoisotopic (exact) mass is 253 g/mol. The Balaban J connectivity index is 3.73. The molecule has 0 rings (SSSR count). The van der Waals surface area contributed by atoms with Crippen molar-refractivity contribution in [3.05, 3.63) is 12.7 Å². The van der Waals surface area contributed by atoms with Gasteiger partial charge in [0.25, 0.3) is 0 Å². The van der Waals surface area contributed by atoms with E-state index >= 15 is 0 Å². The van der Waals surface area contributed by atoms with Gasteiger partial charge < -0.3 is 10.1 Å². The summed E-state index contributed by atoms with van der Waals surface area (Å²) in [7, 11) is 0. The molecule has 1 atom stereocenters. The summed E-state index contributed by atoms with van der Waals surface area (Å²) in [6.07, 6.45) is -1.02. The van der Waals surface area contributed by atoms with Crippen molar-refractivity contribution in [1.82, 2.24) is 5.32 Å². The van der Waals surface area contributed by atoms with Crippen molar-refractivity contribution >= 4 is 0 Å². The average Bonchev–Trinajstić information content (AvgIpc) is 2.24. The molecule has 17 heavy (non-hydrogen) atoms. The average molecular weight is 253 g/mol. The van der Waals surface area contributed by atoms with Crippen LogP contribution in [0.4, 0.5) is 13.2 Å². The molecule has 0 spiro atoms. The molecule has 0 heterocycles. The van der Waals surface area contributed by atoms with Gasteiger partial charge in [-0.3, -0.25) is 0 Å². The normalized spacial score (nSPS) is 15.6. The van der Waals surface area contributed by atoms with Crippen LogP contribution in [-0.4, -0.2) is 32.5 Å². The summed E-state index contributed by atoms with van der Waals surface area (Å²) in [6, 6.07) is 0. The van der Waals surface area contributed by atoms with Crippen LogP contribution in [0.3, 0.4) is 0 Å². The third-order valence-corrected chi connectivity index (χ3v) is 2.57. The second-order valence-corrected chi connectivity index (χ2v) is 4.41. The van der Waals surface area contributed by atoms with E-state index in [0.717, 1.165) is 19.5 Å². The first kappa shape index (κ1) is 16.4. The SMILES string of the molecule is C=CC(C)(CCCOCC(F)(F)F)CNCC. The molecule has 0 bridgehead atoms. The molecular formula is C12H22F3NO. The first-order valence-electron chi connectivity index (χ1n) is 5.82. The Kier molecular flexibility index (Phi) is 7.46. The Morgan fingerprint density at radius 2 is 2.00 bits per heavy atom. The third kappa shape index (κ3) is 9.18. The predicted molar refractivity (Wildman–Crippen MR) is 63.0 cm³/mol. The van der Waals surface area contributed by atoms with Gasteiger partial charge in [0, 0.05) is 13.2 Å². The van der Waals surface area contributed by atoms with Gasteiger partial charge in [0.05, 0.1) is 0 Å². The van der Waals surface area contributed by atoms with Crippen molar-refractivity contribution in [2.45, 2.75) is 32.9 Å². The maximum Gasteiger partial charge on any atom is 0.411 e. The zero-order valence-corrected chi connectivity index (χ0v) is 10.6. The minimum Gasteiger partial charge on any atom is -0.372 e. The van der Waals surface area contributed by atoms with Crippen LogP contribution in [0.15, 0.2) is 12.7 Å². The molecule has 0 aliphatic rings. The highest BCUT2D eigenvalue weighted by atomic mass is 19.4. The molecule has 0 aromatic carbocycles. The molecule has 5 heteroatoms. The van der Waals surface area contributed by atoms with Gasteiger partial charge in [0.2, 0.25) is 0 Å². The summed E-state index contributed by atoms with van der Waals surface area (Å²) >= 11 is 0. The van der Waals surface area contributed by atoms with E-state index in [9.17, 15) is 13.2 Å². The molecule has 1 unspecified atom stereocenters. The fourth-order valence-electron chi connectivity index (χ4n) is 1.44. The summed E-state index contributed by atoms with van der Waals surface area (Å²) < 4.78 is 40.0. The van der Waals surface area contributed by atoms with E-state index in [2.05, 4.69) is 16.6 Å². The number of halogens is 3. The Labute approximate surface area is 101 Å². The van der Waals surface area contributed by atoms with Crippen LogP contribution in [0, 0.1) is 5.41 Å². The van der Waals surface area contributed by atoms with Crippen molar-refractivity contribution < 1.29 is 17.9 Å². The Morgan fingerprint density at radius 3 is 2.47 bits per heavy atom. The van der Waals surface area contributed by atoms with Crippen molar-refractivity contribution in [3.63, 3.8) is 0 Å². The second kappa shape index (κ2) is 7.71. The quantitative estimate of drug-likeness (QED) is 0.503. The van der Waals surface area contributed by atoms with E-state index in [1.54, 1.807) is 0 Å². The van der Waals surface area contributed by atoms with Crippen LogP contribution in [-0.2, 0) is 4.74 Å². The third-order valence-electron chi connectivity index (χ3n) is 2.57. The molecule has 2 nitrogen and oxygen atoms in total. The van der Waals surface area contributed by atoms with Gasteiger partial charge in [-0.2, -0.15) is 13.2 Å². The van der Waals surface area contributed by atoms with Crippen LogP contribution in [0.5, 0.6) is 0 Å². The van der Waals surface area contributed by atoms with Gasteiger partial charge in [-0.1, -0.05) is 19.9 Å². The van der Waals surface area contributed by atoms with Gasteiger partial charge in [0.1, 0.15) is 6.61 Å². The summed E-state index contributed by atoms with van der Waals surface area (Å²) in [5, 5.41) is 3.21. The lowest BCUT2D eigenvalue weighted by Crippen LogP contribution is -2.30. The lowest BCUT2D eigenvalue weighted by atomic mass is 9.85. The van der Waals surface area contributed by atoms with E-state index in [-0.39, 0.29) is 12.0 Å². The molecule has 0 radical (unpaired) electrons. The smallest absolute Gasteiger partial charge is 0.372 e. The zero-order valence-electron chi connectivity index (χ0n) is 10.6. The Hall–Kier alpha value is -0.550. The van der Waals surface area contributed by atoms with Crippen molar-refractivity contribution in [3.8, 4) is 0 Å². The van der Waals surface area contributed by atoms with E-state index in [0.29, 0.717) is 6.42 Å². The number of alkyl halides is 3. The number of rotatable bonds is 9. The fourth-order valence-corrected chi connectivity index (χ4v) is 1.44. The minimum absolute atomic E-state index is 0.0857. The maximum absolute atomic E-state index is 11.8. The first-order valence-corrected chi connectivity index (χ1v) is 5.82. The highest BCUT2D eigenvalue weighted by molar-refractivity contribution is 4.92. The van der Waals surface area contributed by atoms with E-state index in [1.807, 2.05) is 19.9 Å². The highest BCUT2D eigenvalue weighted by Gasteiger charge is 2.27. The van der Waals surface area contributed by atoms with Gasteiger partial charge in [-0.15, -0.1) is 6.58 Å². The van der Waals surface area contributed by atoms with Crippen LogP contribution in [0.2, 0.25) is 0 Å². The van der Waals surface area contributed by atoms with Crippen LogP contribution >= 0.6 is 0 Å². The second-order valence-electron chi connectivity index (χ2n) is 4.41. The number of ether oxygens (including phenoxy) is 1. The van der Waals surface area contributed by atoms with Crippen molar-refractivity contribution in [2.75, 3.05) is 26.3 Å². The molecule has 0 fully saturated rings. The molecular weight excluding hydrogens is 231 g/mol. The molecule has 0 aliphatic heterocycles. The summed E-state index contributed by atoms with van der Waals surface area (Å²) in [5.74, 6) is 0. The molecule has 0 amide bonds. The largest absolute Gasteiger partial charge is 0.411 e. The van der Waals surface area contributed by atoms with Gasteiger partial charge in [-0.25, -0.2) is 0 Å². The molecule has 0 saturated carbocycles. The van der Waals surface area contributed by atoms with E-state index in [4.69, 9.17) is 0 Å². The lowest BCUT2D eigenvalue weighted by molar-refractivity contribution is -0.174. The van der Waals surface area contributed by atoms with E-state index in [1.165, 1.54) is 0 Å².